The molecule has 0 aliphatic heterocycles. The number of aromatic nitrogens is 7. The molecule has 2 amide bonds. The molecular weight excluding hydrogens is 615 g/mol. The van der Waals surface area contributed by atoms with Gasteiger partial charge in [-0.1, -0.05) is 0 Å². The number of pyridine rings is 1. The Hall–Kier alpha value is -4.96. The number of urea groups is 1. The number of nitrogens with zero attached hydrogens (tertiary/aromatic N) is 8. The van der Waals surface area contributed by atoms with Crippen molar-refractivity contribution >= 4 is 17.8 Å². The molecule has 4 aromatic rings. The van der Waals surface area contributed by atoms with Gasteiger partial charge >= 0.3 is 24.8 Å². The van der Waals surface area contributed by atoms with E-state index >= 15 is 0 Å². The van der Waals surface area contributed by atoms with Crippen molar-refractivity contribution in [1.29, 1.82) is 0 Å². The number of alkyl halides is 5. The molecule has 2 N–H and O–H groups in total. The molecule has 12 nitrogen and oxygen atoms in total. The van der Waals surface area contributed by atoms with Gasteiger partial charge in [-0.3, -0.25) is 4.90 Å². The van der Waals surface area contributed by atoms with Crippen LogP contribution in [-0.4, -0.2) is 66.0 Å². The fraction of sp³-hybridized carbons (Fsp3) is 0.414. The molecule has 46 heavy (non-hydrogen) atoms. The number of hydrogen-bond donors (Lipinski definition) is 2. The van der Waals surface area contributed by atoms with Crippen LogP contribution >= 0.6 is 0 Å². The van der Waals surface area contributed by atoms with Gasteiger partial charge in [0.2, 0.25) is 5.95 Å². The molecule has 0 spiro atoms. The van der Waals surface area contributed by atoms with Gasteiger partial charge in [0, 0.05) is 60.2 Å². The van der Waals surface area contributed by atoms with E-state index in [-0.39, 0.29) is 46.5 Å². The number of halogens is 5. The maximum atomic E-state index is 13.7. The van der Waals surface area contributed by atoms with E-state index < -0.39 is 24.0 Å². The molecule has 6 rings (SSSR count). The summed E-state index contributed by atoms with van der Waals surface area (Å²) in [6.45, 7) is -3.01. The molecule has 0 aromatic carbocycles. The minimum atomic E-state index is -4.82. The Morgan fingerprint density at radius 1 is 0.935 bits per heavy atom. The van der Waals surface area contributed by atoms with Gasteiger partial charge in [0.15, 0.2) is 0 Å². The van der Waals surface area contributed by atoms with Crippen molar-refractivity contribution in [3.8, 4) is 28.5 Å². The van der Waals surface area contributed by atoms with Crippen molar-refractivity contribution in [3.63, 3.8) is 0 Å². The lowest BCUT2D eigenvalue weighted by atomic mass is 9.90. The van der Waals surface area contributed by atoms with Crippen LogP contribution < -0.4 is 20.3 Å². The Bertz CT molecular complexity index is 1650. The van der Waals surface area contributed by atoms with E-state index in [1.807, 2.05) is 6.07 Å². The zero-order valence-corrected chi connectivity index (χ0v) is 24.5. The van der Waals surface area contributed by atoms with Crippen molar-refractivity contribution in [1.82, 2.24) is 40.0 Å². The number of ether oxygens (including phenoxy) is 1. The molecule has 4 heterocycles. The molecule has 0 saturated heterocycles. The van der Waals surface area contributed by atoms with Crippen molar-refractivity contribution < 1.29 is 31.5 Å². The first kappa shape index (κ1) is 31.0. The van der Waals surface area contributed by atoms with Crippen molar-refractivity contribution in [2.75, 3.05) is 17.3 Å². The topological polar surface area (TPSA) is 136 Å². The van der Waals surface area contributed by atoms with E-state index in [0.29, 0.717) is 37.7 Å². The Morgan fingerprint density at radius 2 is 1.63 bits per heavy atom. The van der Waals surface area contributed by atoms with E-state index in [2.05, 4.69) is 40.7 Å². The summed E-state index contributed by atoms with van der Waals surface area (Å²) in [5, 5.41) is 9.67. The van der Waals surface area contributed by atoms with E-state index in [1.54, 1.807) is 29.6 Å². The van der Waals surface area contributed by atoms with Crippen LogP contribution in [0, 0.1) is 0 Å². The molecule has 0 unspecified atom stereocenters. The lowest BCUT2D eigenvalue weighted by molar-refractivity contribution is -0.137. The standard InChI is InChI=1S/C29H29F5N10O2/c1-46-27-37-13-17(14-38-27)16-2-9-23(35-12-16)44(28(45)40-19-3-4-19)20-7-5-18(6-8-20)39-26-36-15-21(29(32,33)34)24(41-26)22-10-11-43(42-22)25(30)31/h2,9-15,18-20,25H,3-8H2,1H3,(H,40,45)(H,36,39,41). The second kappa shape index (κ2) is 12.8. The fourth-order valence-corrected chi connectivity index (χ4v) is 5.29. The molecule has 2 aliphatic carbocycles. The summed E-state index contributed by atoms with van der Waals surface area (Å²) in [5.41, 5.74) is -0.638. The largest absolute Gasteiger partial charge is 0.467 e. The SMILES string of the molecule is COc1ncc(-c2ccc(N(C(=O)NC3CC3)C3CCC(Nc4ncc(C(F)(F)F)c(-c5ccn(C(F)F)n5)n4)CC3)nc2)cn1. The zero-order chi connectivity index (χ0) is 32.4. The Kier molecular flexibility index (Phi) is 8.64. The summed E-state index contributed by atoms with van der Waals surface area (Å²) in [7, 11) is 1.48. The van der Waals surface area contributed by atoms with Gasteiger partial charge < -0.3 is 15.4 Å². The van der Waals surface area contributed by atoms with Gasteiger partial charge in [-0.2, -0.15) is 27.1 Å². The summed E-state index contributed by atoms with van der Waals surface area (Å²) >= 11 is 0. The smallest absolute Gasteiger partial charge is 0.420 e. The van der Waals surface area contributed by atoms with E-state index in [0.717, 1.165) is 36.2 Å². The van der Waals surface area contributed by atoms with Crippen molar-refractivity contribution in [2.45, 2.75) is 69.4 Å². The molecule has 0 atom stereocenters. The average Bonchev–Trinajstić information content (AvgIpc) is 3.71. The van der Waals surface area contributed by atoms with E-state index in [4.69, 9.17) is 4.74 Å². The molecular formula is C29H29F5N10O2. The molecule has 242 valence electrons. The summed E-state index contributed by atoms with van der Waals surface area (Å²) in [6, 6.07) is 4.37. The lowest BCUT2D eigenvalue weighted by Crippen LogP contribution is -2.49. The number of nitrogens with one attached hydrogen (secondary N) is 2. The molecule has 0 bridgehead atoms. The third-order valence-corrected chi connectivity index (χ3v) is 7.80. The van der Waals surface area contributed by atoms with Crippen LogP contribution in [0.4, 0.5) is 38.5 Å². The zero-order valence-electron chi connectivity index (χ0n) is 24.5. The quantitative estimate of drug-likeness (QED) is 0.220. The number of carbonyl (C=O) groups is 1. The highest BCUT2D eigenvalue weighted by Gasteiger charge is 2.37. The number of hydrogen-bond acceptors (Lipinski definition) is 9. The first-order valence-corrected chi connectivity index (χ1v) is 14.6. The van der Waals surface area contributed by atoms with Crippen LogP contribution in [0.15, 0.2) is 49.2 Å². The summed E-state index contributed by atoms with van der Waals surface area (Å²) in [6.07, 6.45) is 5.64. The monoisotopic (exact) mass is 644 g/mol. The predicted molar refractivity (Wildman–Crippen MR) is 155 cm³/mol. The highest BCUT2D eigenvalue weighted by atomic mass is 19.4. The first-order valence-electron chi connectivity index (χ1n) is 14.6. The van der Waals surface area contributed by atoms with Crippen molar-refractivity contribution in [2.24, 2.45) is 0 Å². The number of amides is 2. The van der Waals surface area contributed by atoms with Crippen LogP contribution in [0.3, 0.4) is 0 Å². The van der Waals surface area contributed by atoms with Gasteiger partial charge in [-0.15, -0.1) is 0 Å². The number of anilines is 2. The fourth-order valence-electron chi connectivity index (χ4n) is 5.29. The van der Waals surface area contributed by atoms with Crippen LogP contribution in [0.5, 0.6) is 6.01 Å². The molecule has 2 saturated carbocycles. The first-order chi connectivity index (χ1) is 22.1. The maximum absolute atomic E-state index is 13.7. The summed E-state index contributed by atoms with van der Waals surface area (Å²) in [5.74, 6) is 0.396. The van der Waals surface area contributed by atoms with Gasteiger partial charge in [0.1, 0.15) is 22.8 Å². The van der Waals surface area contributed by atoms with Gasteiger partial charge in [-0.05, 0) is 56.7 Å². The lowest BCUT2D eigenvalue weighted by Gasteiger charge is -2.36. The van der Waals surface area contributed by atoms with E-state index in [1.165, 1.54) is 7.11 Å². The second-order valence-corrected chi connectivity index (χ2v) is 11.0. The van der Waals surface area contributed by atoms with Crippen molar-refractivity contribution in [3.05, 3.63) is 54.7 Å². The van der Waals surface area contributed by atoms with Crippen LogP contribution in [0.25, 0.3) is 22.5 Å². The van der Waals surface area contributed by atoms with E-state index in [9.17, 15) is 26.7 Å². The highest BCUT2D eigenvalue weighted by molar-refractivity contribution is 5.92. The summed E-state index contributed by atoms with van der Waals surface area (Å²) in [4.78, 5) is 35.7. The van der Waals surface area contributed by atoms with Gasteiger partial charge in [-0.25, -0.2) is 34.4 Å². The molecule has 0 radical (unpaired) electrons. The van der Waals surface area contributed by atoms with Crippen LogP contribution in [-0.2, 0) is 6.18 Å². The van der Waals surface area contributed by atoms with Crippen LogP contribution in [0.2, 0.25) is 0 Å². The molecule has 2 aliphatic rings. The van der Waals surface area contributed by atoms with Gasteiger partial charge in [0.25, 0.3) is 0 Å². The number of carbonyl (C=O) groups excluding carboxylic acids is 1. The summed E-state index contributed by atoms with van der Waals surface area (Å²) < 4.78 is 72.4. The van der Waals surface area contributed by atoms with Gasteiger partial charge in [0.05, 0.1) is 7.11 Å². The Morgan fingerprint density at radius 3 is 2.22 bits per heavy atom. The Balaban J connectivity index is 1.16. The predicted octanol–water partition coefficient (Wildman–Crippen LogP) is 5.72. The number of rotatable bonds is 9. The third-order valence-electron chi connectivity index (χ3n) is 7.80. The second-order valence-electron chi connectivity index (χ2n) is 11.0. The normalized spacial score (nSPS) is 18.3. The molecule has 4 aromatic heterocycles. The number of methoxy groups -OCH3 is 1. The Labute approximate surface area is 259 Å². The molecule has 17 heteroatoms. The molecule has 2 fully saturated rings. The third kappa shape index (κ3) is 6.97. The highest BCUT2D eigenvalue weighted by Crippen LogP contribution is 2.36. The minimum Gasteiger partial charge on any atom is -0.467 e. The van der Waals surface area contributed by atoms with Crippen LogP contribution in [0.1, 0.15) is 50.6 Å². The maximum Gasteiger partial charge on any atom is 0.420 e. The average molecular weight is 645 g/mol. The minimum absolute atomic E-state index is 0.0823.